The fourth-order valence-electron chi connectivity index (χ4n) is 1.92. The maximum atomic E-state index is 13.9. The molecule has 112 valence electrons. The Hall–Kier alpha value is -0.550. The predicted molar refractivity (Wildman–Crippen MR) is 92.8 cm³/mol. The third kappa shape index (κ3) is 5.29. The van der Waals surface area contributed by atoms with E-state index in [0.29, 0.717) is 6.42 Å². The lowest BCUT2D eigenvalue weighted by Crippen LogP contribution is -2.30. The molecule has 0 saturated carbocycles. The number of nitrogens with one attached hydrogen (secondary N) is 1. The first kappa shape index (κ1) is 16.8. The van der Waals surface area contributed by atoms with Crippen LogP contribution in [0, 0.1) is 5.82 Å². The van der Waals surface area contributed by atoms with E-state index in [2.05, 4.69) is 21.2 Å². The van der Waals surface area contributed by atoms with Gasteiger partial charge in [0.2, 0.25) is 0 Å². The van der Waals surface area contributed by atoms with Crippen LogP contribution >= 0.6 is 39.3 Å². The maximum Gasteiger partial charge on any atom is 0.127 e. The molecule has 0 bridgehead atoms. The van der Waals surface area contributed by atoms with Crippen molar-refractivity contribution >= 4 is 39.3 Å². The van der Waals surface area contributed by atoms with E-state index in [0.717, 1.165) is 25.7 Å². The van der Waals surface area contributed by atoms with E-state index in [-0.39, 0.29) is 11.9 Å². The molecule has 0 aliphatic heterocycles. The maximum absolute atomic E-state index is 13.9. The lowest BCUT2D eigenvalue weighted by Gasteiger charge is -2.16. The summed E-state index contributed by atoms with van der Waals surface area (Å²) in [5, 5.41) is 3.99. The average molecular weight is 389 g/mol. The summed E-state index contributed by atoms with van der Waals surface area (Å²) < 4.78 is 14.6. The summed E-state index contributed by atoms with van der Waals surface area (Å²) in [4.78, 5) is 1.16. The molecule has 0 amide bonds. The number of likely N-dealkylation sites (N-methyl/N-ethyl adjacent to an activating group) is 1. The molecule has 0 aliphatic carbocycles. The fourth-order valence-corrected chi connectivity index (χ4v) is 3.39. The molecule has 5 heteroatoms. The highest BCUT2D eigenvalue weighted by Gasteiger charge is 2.11. The van der Waals surface area contributed by atoms with Crippen LogP contribution in [-0.4, -0.2) is 18.8 Å². The van der Waals surface area contributed by atoms with Crippen LogP contribution in [0.5, 0.6) is 0 Å². The Morgan fingerprint density at radius 1 is 1.24 bits per heavy atom. The number of rotatable bonds is 6. The predicted octanol–water partition coefficient (Wildman–Crippen LogP) is 5.16. The van der Waals surface area contributed by atoms with Crippen LogP contribution in [0.15, 0.2) is 51.8 Å². The highest BCUT2D eigenvalue weighted by atomic mass is 79.9. The van der Waals surface area contributed by atoms with Gasteiger partial charge in [0.1, 0.15) is 5.82 Å². The van der Waals surface area contributed by atoms with E-state index in [4.69, 9.17) is 11.6 Å². The van der Waals surface area contributed by atoms with Crippen molar-refractivity contribution in [3.8, 4) is 0 Å². The van der Waals surface area contributed by atoms with Crippen LogP contribution in [0.2, 0.25) is 5.02 Å². The van der Waals surface area contributed by atoms with E-state index in [1.165, 1.54) is 6.07 Å². The first-order valence-corrected chi connectivity index (χ1v) is 8.73. The summed E-state index contributed by atoms with van der Waals surface area (Å²) in [6.07, 6.45) is 0.663. The summed E-state index contributed by atoms with van der Waals surface area (Å²) in [7, 11) is 1.91. The molecular formula is C16H16BrClFNS. The van der Waals surface area contributed by atoms with E-state index in [1.54, 1.807) is 11.8 Å². The zero-order chi connectivity index (χ0) is 15.2. The molecule has 1 nitrogen and oxygen atoms in total. The summed E-state index contributed by atoms with van der Waals surface area (Å²) in [5.41, 5.74) is 0.731. The molecule has 2 rings (SSSR count). The van der Waals surface area contributed by atoms with Crippen LogP contribution in [0.1, 0.15) is 5.56 Å². The normalized spacial score (nSPS) is 12.4. The summed E-state index contributed by atoms with van der Waals surface area (Å²) >= 11 is 10.9. The van der Waals surface area contributed by atoms with E-state index in [1.807, 2.05) is 43.4 Å². The monoisotopic (exact) mass is 387 g/mol. The van der Waals surface area contributed by atoms with Crippen LogP contribution in [0.25, 0.3) is 0 Å². The number of hydrogen-bond donors (Lipinski definition) is 1. The molecule has 0 fully saturated rings. The van der Waals surface area contributed by atoms with Crippen LogP contribution in [0.4, 0.5) is 4.39 Å². The average Bonchev–Trinajstić information content (AvgIpc) is 2.47. The van der Waals surface area contributed by atoms with E-state index in [9.17, 15) is 4.39 Å². The first-order valence-electron chi connectivity index (χ1n) is 6.58. The zero-order valence-corrected chi connectivity index (χ0v) is 14.7. The molecule has 0 radical (unpaired) electrons. The van der Waals surface area contributed by atoms with Gasteiger partial charge in [0, 0.05) is 26.2 Å². The summed E-state index contributed by atoms with van der Waals surface area (Å²) in [5.74, 6) is 0.703. The fraction of sp³-hybridized carbons (Fsp3) is 0.250. The zero-order valence-electron chi connectivity index (χ0n) is 11.6. The second-order valence-corrected chi connectivity index (χ2v) is 7.14. The summed E-state index contributed by atoms with van der Waals surface area (Å²) in [6.45, 7) is 0. The Bertz CT molecular complexity index is 591. The Balaban J connectivity index is 1.95. The molecular weight excluding hydrogens is 373 g/mol. The molecule has 0 heterocycles. The van der Waals surface area contributed by atoms with Crippen molar-refractivity contribution in [2.75, 3.05) is 12.8 Å². The van der Waals surface area contributed by atoms with Crippen molar-refractivity contribution in [1.82, 2.24) is 5.32 Å². The SMILES string of the molecule is CNC(CSc1ccc(Cl)cc1)Cc1ccc(Br)cc1F. The van der Waals surface area contributed by atoms with Crippen molar-refractivity contribution in [2.24, 2.45) is 0 Å². The molecule has 1 N–H and O–H groups in total. The van der Waals surface area contributed by atoms with E-state index >= 15 is 0 Å². The third-order valence-corrected chi connectivity index (χ3v) is 5.07. The number of hydrogen-bond acceptors (Lipinski definition) is 2. The largest absolute Gasteiger partial charge is 0.316 e. The molecule has 0 aliphatic rings. The van der Waals surface area contributed by atoms with Crippen molar-refractivity contribution in [3.63, 3.8) is 0 Å². The highest BCUT2D eigenvalue weighted by Crippen LogP contribution is 2.23. The third-order valence-electron chi connectivity index (χ3n) is 3.15. The van der Waals surface area contributed by atoms with Gasteiger partial charge < -0.3 is 5.32 Å². The highest BCUT2D eigenvalue weighted by molar-refractivity contribution is 9.10. The van der Waals surface area contributed by atoms with Gasteiger partial charge in [-0.15, -0.1) is 11.8 Å². The quantitative estimate of drug-likeness (QED) is 0.686. The Morgan fingerprint density at radius 2 is 1.95 bits per heavy atom. The Morgan fingerprint density at radius 3 is 2.57 bits per heavy atom. The Labute approximate surface area is 142 Å². The van der Waals surface area contributed by atoms with Gasteiger partial charge in [-0.05, 0) is 55.4 Å². The standard InChI is InChI=1S/C16H16BrClFNS/c1-20-14(8-11-2-3-12(17)9-16(11)19)10-21-15-6-4-13(18)5-7-15/h2-7,9,14,20H,8,10H2,1H3. The second-order valence-electron chi connectivity index (χ2n) is 4.69. The van der Waals surface area contributed by atoms with Gasteiger partial charge in [0.05, 0.1) is 0 Å². The molecule has 0 saturated heterocycles. The molecule has 2 aromatic carbocycles. The van der Waals surface area contributed by atoms with Gasteiger partial charge in [0.15, 0.2) is 0 Å². The lowest BCUT2D eigenvalue weighted by molar-refractivity contribution is 0.568. The number of thioether (sulfide) groups is 1. The smallest absolute Gasteiger partial charge is 0.127 e. The van der Waals surface area contributed by atoms with Gasteiger partial charge in [-0.25, -0.2) is 4.39 Å². The minimum absolute atomic E-state index is 0.166. The van der Waals surface area contributed by atoms with E-state index < -0.39 is 0 Å². The molecule has 0 spiro atoms. The number of benzene rings is 2. The molecule has 1 unspecified atom stereocenters. The Kier molecular flexibility index (Phi) is 6.55. The van der Waals surface area contributed by atoms with Crippen molar-refractivity contribution in [3.05, 3.63) is 63.3 Å². The van der Waals surface area contributed by atoms with Gasteiger partial charge in [-0.2, -0.15) is 0 Å². The number of halogens is 3. The van der Waals surface area contributed by atoms with Gasteiger partial charge >= 0.3 is 0 Å². The lowest BCUT2D eigenvalue weighted by atomic mass is 10.1. The van der Waals surface area contributed by atoms with Crippen molar-refractivity contribution in [1.29, 1.82) is 0 Å². The minimum atomic E-state index is -0.166. The molecule has 2 aromatic rings. The van der Waals surface area contributed by atoms with Crippen molar-refractivity contribution < 1.29 is 4.39 Å². The molecule has 0 aromatic heterocycles. The van der Waals surface area contributed by atoms with Crippen LogP contribution in [0.3, 0.4) is 0 Å². The second kappa shape index (κ2) is 8.18. The molecule has 1 atom stereocenters. The van der Waals surface area contributed by atoms with Crippen molar-refractivity contribution in [2.45, 2.75) is 17.4 Å². The molecule has 21 heavy (non-hydrogen) atoms. The topological polar surface area (TPSA) is 12.0 Å². The van der Waals surface area contributed by atoms with Crippen LogP contribution in [-0.2, 0) is 6.42 Å². The van der Waals surface area contributed by atoms with Gasteiger partial charge in [0.25, 0.3) is 0 Å². The summed E-state index contributed by atoms with van der Waals surface area (Å²) in [6, 6.07) is 13.2. The first-order chi connectivity index (χ1) is 10.1. The van der Waals surface area contributed by atoms with Gasteiger partial charge in [-0.1, -0.05) is 33.6 Å². The van der Waals surface area contributed by atoms with Gasteiger partial charge in [-0.3, -0.25) is 0 Å². The van der Waals surface area contributed by atoms with Crippen LogP contribution < -0.4 is 5.32 Å². The minimum Gasteiger partial charge on any atom is -0.316 e.